The highest BCUT2D eigenvalue weighted by molar-refractivity contribution is 6.33. The molecule has 2 aliphatic heterocycles. The van der Waals surface area contributed by atoms with Gasteiger partial charge in [0, 0.05) is 28.1 Å². The van der Waals surface area contributed by atoms with Gasteiger partial charge in [0.25, 0.3) is 0 Å². The SMILES string of the molecule is Cc1c(-c2ccccc2Cl)cccc1C1COc2cc3c(cc2O1)OC[C@H]3CC(=O)O. The van der Waals surface area contributed by atoms with Gasteiger partial charge < -0.3 is 19.3 Å². The van der Waals surface area contributed by atoms with E-state index in [0.29, 0.717) is 35.5 Å². The maximum atomic E-state index is 11.1. The monoisotopic (exact) mass is 436 g/mol. The quantitative estimate of drug-likeness (QED) is 0.561. The van der Waals surface area contributed by atoms with Crippen LogP contribution in [0.25, 0.3) is 11.1 Å². The van der Waals surface area contributed by atoms with Crippen LogP contribution in [0.4, 0.5) is 0 Å². The number of ether oxygens (including phenoxy) is 3. The molecule has 5 nitrogen and oxygen atoms in total. The summed E-state index contributed by atoms with van der Waals surface area (Å²) in [5.74, 6) is 0.874. The zero-order chi connectivity index (χ0) is 21.5. The van der Waals surface area contributed by atoms with E-state index >= 15 is 0 Å². The van der Waals surface area contributed by atoms with Crippen molar-refractivity contribution in [3.63, 3.8) is 0 Å². The van der Waals surface area contributed by atoms with Gasteiger partial charge in [-0.25, -0.2) is 0 Å². The van der Waals surface area contributed by atoms with Crippen molar-refractivity contribution in [1.82, 2.24) is 0 Å². The topological polar surface area (TPSA) is 65.0 Å². The molecule has 3 aromatic carbocycles. The zero-order valence-electron chi connectivity index (χ0n) is 16.9. The largest absolute Gasteiger partial charge is 0.492 e. The predicted octanol–water partition coefficient (Wildman–Crippen LogP) is 5.78. The second kappa shape index (κ2) is 7.82. The fourth-order valence-corrected chi connectivity index (χ4v) is 4.58. The number of carbonyl (C=O) groups is 1. The molecule has 0 spiro atoms. The van der Waals surface area contributed by atoms with Gasteiger partial charge in [0.05, 0.1) is 13.0 Å². The number of hydrogen-bond acceptors (Lipinski definition) is 4. The average Bonchev–Trinajstić information content (AvgIpc) is 3.13. The van der Waals surface area contributed by atoms with Gasteiger partial charge in [-0.1, -0.05) is 48.0 Å². The third kappa shape index (κ3) is 3.59. The van der Waals surface area contributed by atoms with E-state index in [9.17, 15) is 4.79 Å². The number of fused-ring (bicyclic) bond motifs is 2. The van der Waals surface area contributed by atoms with Crippen molar-refractivity contribution >= 4 is 17.6 Å². The Hall–Kier alpha value is -3.18. The number of hydrogen-bond donors (Lipinski definition) is 1. The Bertz CT molecular complexity index is 1170. The summed E-state index contributed by atoms with van der Waals surface area (Å²) >= 11 is 6.43. The van der Waals surface area contributed by atoms with Crippen LogP contribution >= 0.6 is 11.6 Å². The summed E-state index contributed by atoms with van der Waals surface area (Å²) in [4.78, 5) is 11.1. The standard InChI is InChI=1S/C25H21ClO5/c1-14-16(18-5-2-3-8-20(18)26)6-4-7-17(14)24-13-30-22-10-19-15(9-25(27)28)12-29-21(19)11-23(22)31-24/h2-8,10-11,15,24H,9,12-13H2,1H3,(H,27,28)/t15-,24?/m1/s1. The predicted molar refractivity (Wildman–Crippen MR) is 117 cm³/mol. The molecule has 0 bridgehead atoms. The van der Waals surface area contributed by atoms with Crippen molar-refractivity contribution in [3.8, 4) is 28.4 Å². The van der Waals surface area contributed by atoms with Gasteiger partial charge in [-0.2, -0.15) is 0 Å². The van der Waals surface area contributed by atoms with Crippen molar-refractivity contribution in [3.05, 3.63) is 76.3 Å². The van der Waals surface area contributed by atoms with Crippen LogP contribution in [0.2, 0.25) is 5.02 Å². The summed E-state index contributed by atoms with van der Waals surface area (Å²) in [5.41, 5.74) is 5.03. The van der Waals surface area contributed by atoms with Gasteiger partial charge in [0.15, 0.2) is 17.6 Å². The van der Waals surface area contributed by atoms with Crippen LogP contribution in [-0.4, -0.2) is 24.3 Å². The summed E-state index contributed by atoms with van der Waals surface area (Å²) in [5, 5.41) is 9.83. The highest BCUT2D eigenvalue weighted by atomic mass is 35.5. The van der Waals surface area contributed by atoms with Gasteiger partial charge >= 0.3 is 5.97 Å². The molecule has 2 atom stereocenters. The maximum Gasteiger partial charge on any atom is 0.304 e. The molecule has 5 rings (SSSR count). The Balaban J connectivity index is 1.45. The Morgan fingerprint density at radius 1 is 0.968 bits per heavy atom. The molecule has 0 radical (unpaired) electrons. The first-order chi connectivity index (χ1) is 15.0. The lowest BCUT2D eigenvalue weighted by Gasteiger charge is -2.29. The molecular formula is C25H21ClO5. The van der Waals surface area contributed by atoms with Gasteiger partial charge in [-0.05, 0) is 35.7 Å². The van der Waals surface area contributed by atoms with Crippen molar-refractivity contribution in [1.29, 1.82) is 0 Å². The van der Waals surface area contributed by atoms with Crippen LogP contribution < -0.4 is 14.2 Å². The fourth-order valence-electron chi connectivity index (χ4n) is 4.35. The molecule has 31 heavy (non-hydrogen) atoms. The van der Waals surface area contributed by atoms with Crippen molar-refractivity contribution in [2.45, 2.75) is 25.4 Å². The summed E-state index contributed by atoms with van der Waals surface area (Å²) in [7, 11) is 0. The number of carboxylic acid groups (broad SMARTS) is 1. The lowest BCUT2D eigenvalue weighted by Crippen LogP contribution is -2.22. The molecule has 1 N–H and O–H groups in total. The zero-order valence-corrected chi connectivity index (χ0v) is 17.7. The third-order valence-corrected chi connectivity index (χ3v) is 6.25. The highest BCUT2D eigenvalue weighted by Crippen LogP contribution is 2.47. The smallest absolute Gasteiger partial charge is 0.304 e. The number of benzene rings is 3. The van der Waals surface area contributed by atoms with E-state index in [1.807, 2.05) is 48.5 Å². The molecule has 0 aliphatic carbocycles. The summed E-state index contributed by atoms with van der Waals surface area (Å²) < 4.78 is 18.1. The fraction of sp³-hybridized carbons (Fsp3) is 0.240. The van der Waals surface area contributed by atoms with Crippen molar-refractivity contribution < 1.29 is 24.1 Å². The number of rotatable bonds is 4. The molecule has 0 fully saturated rings. The van der Waals surface area contributed by atoms with E-state index < -0.39 is 5.97 Å². The molecule has 1 unspecified atom stereocenters. The molecule has 0 amide bonds. The van der Waals surface area contributed by atoms with E-state index in [-0.39, 0.29) is 18.4 Å². The molecule has 2 aliphatic rings. The third-order valence-electron chi connectivity index (χ3n) is 5.92. The molecule has 6 heteroatoms. The van der Waals surface area contributed by atoms with Crippen molar-refractivity contribution in [2.75, 3.05) is 13.2 Å². The molecule has 3 aromatic rings. The van der Waals surface area contributed by atoms with Crippen LogP contribution in [0.3, 0.4) is 0 Å². The van der Waals surface area contributed by atoms with Crippen molar-refractivity contribution in [2.24, 2.45) is 0 Å². The average molecular weight is 437 g/mol. The highest BCUT2D eigenvalue weighted by Gasteiger charge is 2.32. The number of halogens is 1. The minimum atomic E-state index is -0.842. The van der Waals surface area contributed by atoms with Gasteiger partial charge in [-0.3, -0.25) is 4.79 Å². The molecule has 0 aromatic heterocycles. The molecule has 0 saturated carbocycles. The maximum absolute atomic E-state index is 11.1. The normalized spacial score (nSPS) is 18.9. The van der Waals surface area contributed by atoms with E-state index in [2.05, 4.69) is 13.0 Å². The lowest BCUT2D eigenvalue weighted by atomic mass is 9.93. The Morgan fingerprint density at radius 2 is 1.74 bits per heavy atom. The summed E-state index contributed by atoms with van der Waals surface area (Å²) in [6.07, 6.45) is -0.243. The first-order valence-corrected chi connectivity index (χ1v) is 10.6. The lowest BCUT2D eigenvalue weighted by molar-refractivity contribution is -0.137. The van der Waals surface area contributed by atoms with Crippen LogP contribution in [0.15, 0.2) is 54.6 Å². The van der Waals surface area contributed by atoms with Gasteiger partial charge in [-0.15, -0.1) is 0 Å². The molecular weight excluding hydrogens is 416 g/mol. The molecule has 0 saturated heterocycles. The minimum Gasteiger partial charge on any atom is -0.492 e. The van der Waals surface area contributed by atoms with Crippen LogP contribution in [0.5, 0.6) is 17.2 Å². The minimum absolute atomic E-state index is 0.0311. The van der Waals surface area contributed by atoms with Gasteiger partial charge in [0.1, 0.15) is 12.4 Å². The number of carboxylic acids is 1. The van der Waals surface area contributed by atoms with Crippen LogP contribution in [-0.2, 0) is 4.79 Å². The van der Waals surface area contributed by atoms with E-state index in [1.54, 1.807) is 0 Å². The van der Waals surface area contributed by atoms with Crippen LogP contribution in [0, 0.1) is 6.92 Å². The Kier molecular flexibility index (Phi) is 4.98. The summed E-state index contributed by atoms with van der Waals surface area (Å²) in [6.45, 7) is 2.78. The molecule has 158 valence electrons. The second-order valence-electron chi connectivity index (χ2n) is 7.86. The molecule has 2 heterocycles. The van der Waals surface area contributed by atoms with Gasteiger partial charge in [0.2, 0.25) is 0 Å². The second-order valence-corrected chi connectivity index (χ2v) is 8.27. The first kappa shape index (κ1) is 19.8. The Labute approximate surface area is 185 Å². The van der Waals surface area contributed by atoms with E-state index in [1.165, 1.54) is 0 Å². The Morgan fingerprint density at radius 3 is 2.55 bits per heavy atom. The number of aliphatic carboxylic acids is 1. The van der Waals surface area contributed by atoms with E-state index in [0.717, 1.165) is 27.8 Å². The summed E-state index contributed by atoms with van der Waals surface area (Å²) in [6, 6.07) is 17.6. The van der Waals surface area contributed by atoms with Crippen LogP contribution in [0.1, 0.15) is 35.1 Å². The van der Waals surface area contributed by atoms with E-state index in [4.69, 9.17) is 30.9 Å². The first-order valence-electron chi connectivity index (χ1n) is 10.2.